The van der Waals surface area contributed by atoms with Crippen molar-refractivity contribution in [1.29, 1.82) is 0 Å². The van der Waals surface area contributed by atoms with Crippen LogP contribution in [0.2, 0.25) is 0 Å². The second-order valence-electron chi connectivity index (χ2n) is 1.93. The molecular weight excluding hydrogens is 216 g/mol. The molecule has 0 saturated heterocycles. The summed E-state index contributed by atoms with van der Waals surface area (Å²) in [6.45, 7) is 0.676. The zero-order valence-electron chi connectivity index (χ0n) is 4.95. The lowest BCUT2D eigenvalue weighted by Gasteiger charge is -2.26. The average Bonchev–Trinajstić information content (AvgIpc) is 2.11. The van der Waals surface area contributed by atoms with Crippen LogP contribution >= 0.6 is 46.4 Å². The van der Waals surface area contributed by atoms with Gasteiger partial charge in [0.15, 0.2) is 0 Å². The van der Waals surface area contributed by atoms with E-state index in [2.05, 4.69) is 0 Å². The molecule has 1 rings (SSSR count). The van der Waals surface area contributed by atoms with Gasteiger partial charge in [0, 0.05) is 6.54 Å². The Morgan fingerprint density at radius 3 is 2.20 bits per heavy atom. The second-order valence-corrected chi connectivity index (χ2v) is 4.54. The highest BCUT2D eigenvalue weighted by molar-refractivity contribution is 6.67. The van der Waals surface area contributed by atoms with Crippen LogP contribution in [-0.4, -0.2) is 15.4 Å². The van der Waals surface area contributed by atoms with E-state index in [-0.39, 0.29) is 0 Å². The Kier molecular flexibility index (Phi) is 2.62. The molecule has 0 saturated carbocycles. The molecule has 0 bridgehead atoms. The summed E-state index contributed by atoms with van der Waals surface area (Å²) < 4.78 is -1.40. The van der Waals surface area contributed by atoms with Crippen LogP contribution in [0.15, 0.2) is 11.2 Å². The monoisotopic (exact) mass is 219 g/mol. The SMILES string of the molecule is ClC1=CCCN1C(Cl)(Cl)Cl. The van der Waals surface area contributed by atoms with E-state index < -0.39 is 3.92 Å². The highest BCUT2D eigenvalue weighted by Crippen LogP contribution is 2.37. The number of alkyl halides is 3. The maximum Gasteiger partial charge on any atom is 0.268 e. The first kappa shape index (κ1) is 8.79. The minimum atomic E-state index is -1.40. The van der Waals surface area contributed by atoms with Gasteiger partial charge in [-0.05, 0) is 12.5 Å². The average molecular weight is 221 g/mol. The Hall–Kier alpha value is 0.700. The van der Waals surface area contributed by atoms with Crippen LogP contribution in [0.1, 0.15) is 6.42 Å². The molecule has 58 valence electrons. The van der Waals surface area contributed by atoms with Gasteiger partial charge in [0.2, 0.25) is 0 Å². The van der Waals surface area contributed by atoms with E-state index in [4.69, 9.17) is 46.4 Å². The molecule has 5 heteroatoms. The van der Waals surface area contributed by atoms with Crippen LogP contribution in [0.4, 0.5) is 0 Å². The molecule has 1 aliphatic heterocycles. The molecule has 10 heavy (non-hydrogen) atoms. The van der Waals surface area contributed by atoms with Gasteiger partial charge in [-0.2, -0.15) is 0 Å². The van der Waals surface area contributed by atoms with Crippen LogP contribution in [0.3, 0.4) is 0 Å². The van der Waals surface area contributed by atoms with Crippen molar-refractivity contribution in [2.24, 2.45) is 0 Å². The van der Waals surface area contributed by atoms with Crippen molar-refractivity contribution in [1.82, 2.24) is 4.90 Å². The Morgan fingerprint density at radius 2 is 2.00 bits per heavy atom. The number of hydrogen-bond acceptors (Lipinski definition) is 1. The zero-order valence-corrected chi connectivity index (χ0v) is 7.97. The summed E-state index contributed by atoms with van der Waals surface area (Å²) in [5.41, 5.74) is 0. The lowest BCUT2D eigenvalue weighted by Crippen LogP contribution is -2.30. The van der Waals surface area contributed by atoms with Crippen molar-refractivity contribution in [2.75, 3.05) is 6.54 Å². The van der Waals surface area contributed by atoms with Crippen molar-refractivity contribution in [3.8, 4) is 0 Å². The highest BCUT2D eigenvalue weighted by atomic mass is 35.6. The van der Waals surface area contributed by atoms with Crippen LogP contribution in [0.25, 0.3) is 0 Å². The van der Waals surface area contributed by atoms with Gasteiger partial charge in [-0.25, -0.2) is 0 Å². The molecule has 0 unspecified atom stereocenters. The molecule has 0 aliphatic carbocycles. The van der Waals surface area contributed by atoms with Gasteiger partial charge in [-0.1, -0.05) is 46.4 Å². The van der Waals surface area contributed by atoms with Crippen molar-refractivity contribution in [3.05, 3.63) is 11.2 Å². The lowest BCUT2D eigenvalue weighted by atomic mass is 10.5. The summed E-state index contributed by atoms with van der Waals surface area (Å²) in [6.07, 6.45) is 2.66. The minimum Gasteiger partial charge on any atom is -0.318 e. The summed E-state index contributed by atoms with van der Waals surface area (Å²) in [6, 6.07) is 0. The van der Waals surface area contributed by atoms with Crippen LogP contribution in [-0.2, 0) is 0 Å². The number of hydrogen-bond donors (Lipinski definition) is 0. The van der Waals surface area contributed by atoms with E-state index >= 15 is 0 Å². The van der Waals surface area contributed by atoms with E-state index in [9.17, 15) is 0 Å². The minimum absolute atomic E-state index is 0.514. The predicted octanol–water partition coefficient (Wildman–Crippen LogP) is 3.10. The fourth-order valence-electron chi connectivity index (χ4n) is 0.778. The molecule has 1 heterocycles. The molecule has 1 nitrogen and oxygen atoms in total. The molecule has 0 aromatic heterocycles. The molecule has 0 N–H and O–H groups in total. The van der Waals surface area contributed by atoms with Gasteiger partial charge in [-0.3, -0.25) is 0 Å². The van der Waals surface area contributed by atoms with Gasteiger partial charge in [0.05, 0.1) is 0 Å². The zero-order chi connectivity index (χ0) is 7.78. The third kappa shape index (κ3) is 1.85. The first-order chi connectivity index (χ1) is 4.52. The Bertz CT molecular complexity index is 160. The van der Waals surface area contributed by atoms with Gasteiger partial charge < -0.3 is 4.90 Å². The van der Waals surface area contributed by atoms with Crippen molar-refractivity contribution in [2.45, 2.75) is 10.3 Å². The fraction of sp³-hybridized carbons (Fsp3) is 0.600. The maximum atomic E-state index is 5.70. The van der Waals surface area contributed by atoms with E-state index in [0.29, 0.717) is 11.7 Å². The van der Waals surface area contributed by atoms with Crippen LogP contribution in [0, 0.1) is 0 Å². The Balaban J connectivity index is 2.67. The van der Waals surface area contributed by atoms with E-state index in [1.807, 2.05) is 6.08 Å². The number of nitrogens with zero attached hydrogens (tertiary/aromatic N) is 1. The maximum absolute atomic E-state index is 5.70. The summed E-state index contributed by atoms with van der Waals surface area (Å²) >= 11 is 22.4. The topological polar surface area (TPSA) is 3.24 Å². The van der Waals surface area contributed by atoms with Crippen molar-refractivity contribution >= 4 is 46.4 Å². The molecule has 0 radical (unpaired) electrons. The van der Waals surface area contributed by atoms with Gasteiger partial charge >= 0.3 is 0 Å². The summed E-state index contributed by atoms with van der Waals surface area (Å²) in [7, 11) is 0. The first-order valence-electron chi connectivity index (χ1n) is 2.72. The highest BCUT2D eigenvalue weighted by Gasteiger charge is 2.32. The smallest absolute Gasteiger partial charge is 0.268 e. The molecule has 0 amide bonds. The molecule has 0 fully saturated rings. The number of halogens is 4. The summed E-state index contributed by atoms with van der Waals surface area (Å²) in [5, 5.41) is 0.514. The van der Waals surface area contributed by atoms with Gasteiger partial charge in [0.25, 0.3) is 3.92 Å². The van der Waals surface area contributed by atoms with Crippen LogP contribution < -0.4 is 0 Å². The lowest BCUT2D eigenvalue weighted by molar-refractivity contribution is 0.403. The molecule has 0 aromatic carbocycles. The third-order valence-electron chi connectivity index (χ3n) is 1.23. The standard InChI is InChI=1S/C5H5Cl4N/c6-4-2-1-3-10(4)5(7,8)9/h2H,1,3H2. The number of rotatable bonds is 0. The Morgan fingerprint density at radius 1 is 1.40 bits per heavy atom. The molecule has 1 aliphatic rings. The fourth-order valence-corrected chi connectivity index (χ4v) is 1.75. The van der Waals surface area contributed by atoms with E-state index in [0.717, 1.165) is 6.42 Å². The van der Waals surface area contributed by atoms with Crippen molar-refractivity contribution < 1.29 is 0 Å². The van der Waals surface area contributed by atoms with Crippen molar-refractivity contribution in [3.63, 3.8) is 0 Å². The summed E-state index contributed by atoms with van der Waals surface area (Å²) in [4.78, 5) is 1.51. The first-order valence-corrected chi connectivity index (χ1v) is 4.23. The molecular formula is C5H5Cl4N. The molecule has 0 aromatic rings. The van der Waals surface area contributed by atoms with Gasteiger partial charge in [-0.15, -0.1) is 0 Å². The molecule has 0 spiro atoms. The normalized spacial score (nSPS) is 19.6. The van der Waals surface area contributed by atoms with Crippen LogP contribution in [0.5, 0.6) is 0 Å². The Labute approximate surface area is 79.5 Å². The van der Waals surface area contributed by atoms with E-state index in [1.165, 1.54) is 4.90 Å². The van der Waals surface area contributed by atoms with E-state index in [1.54, 1.807) is 0 Å². The molecule has 0 atom stereocenters. The van der Waals surface area contributed by atoms with Gasteiger partial charge in [0.1, 0.15) is 5.16 Å². The predicted molar refractivity (Wildman–Crippen MR) is 45.5 cm³/mol. The largest absolute Gasteiger partial charge is 0.318 e. The summed E-state index contributed by atoms with van der Waals surface area (Å²) in [5.74, 6) is 0. The quantitative estimate of drug-likeness (QED) is 0.448. The third-order valence-corrected chi connectivity index (χ3v) is 2.20. The second kappa shape index (κ2) is 2.98.